The summed E-state index contributed by atoms with van der Waals surface area (Å²) in [6.45, 7) is 6.37. The monoisotopic (exact) mass is 412 g/mol. The van der Waals surface area contributed by atoms with Gasteiger partial charge in [-0.2, -0.15) is 0 Å². The molecule has 0 aromatic rings. The predicted molar refractivity (Wildman–Crippen MR) is 116 cm³/mol. The number of carboxylic acids is 1. The number of unbranched alkanes of at least 4 members (excludes halogenated alkanes) is 4. The first-order chi connectivity index (χ1) is 13.8. The first-order valence-electron chi connectivity index (χ1n) is 11.9. The van der Waals surface area contributed by atoms with Crippen molar-refractivity contribution in [1.82, 2.24) is 10.2 Å². The first kappa shape index (κ1) is 24.6. The van der Waals surface area contributed by atoms with Gasteiger partial charge in [-0.25, -0.2) is 0 Å². The van der Waals surface area contributed by atoms with E-state index in [1.54, 1.807) is 0 Å². The molecular formula is C23H44N2O4. The Labute approximate surface area is 177 Å². The smallest absolute Gasteiger partial charge is 0.306 e. The minimum Gasteiger partial charge on any atom is -0.481 e. The van der Waals surface area contributed by atoms with Crippen LogP contribution in [0.25, 0.3) is 0 Å². The summed E-state index contributed by atoms with van der Waals surface area (Å²) in [5.41, 5.74) is -1.12. The Balaban J connectivity index is 1.56. The van der Waals surface area contributed by atoms with Crippen LogP contribution in [0.5, 0.6) is 0 Å². The molecule has 5 atom stereocenters. The Hall–Kier alpha value is -0.690. The topological polar surface area (TPSA) is 93.0 Å². The van der Waals surface area contributed by atoms with Crippen molar-refractivity contribution in [3.8, 4) is 0 Å². The molecule has 170 valence electrons. The van der Waals surface area contributed by atoms with Crippen LogP contribution in [0.1, 0.15) is 90.9 Å². The third-order valence-electron chi connectivity index (χ3n) is 7.18. The summed E-state index contributed by atoms with van der Waals surface area (Å²) in [4.78, 5) is 13.6. The van der Waals surface area contributed by atoms with Crippen molar-refractivity contribution in [3.63, 3.8) is 0 Å². The highest BCUT2D eigenvalue weighted by atomic mass is 16.4. The number of fused-ring (bicyclic) bond motifs is 1. The van der Waals surface area contributed by atoms with Gasteiger partial charge in [0.05, 0.1) is 18.1 Å². The normalized spacial score (nSPS) is 29.9. The predicted octanol–water partition coefficient (Wildman–Crippen LogP) is 3.16. The average Bonchev–Trinajstić information content (AvgIpc) is 2.68. The molecular weight excluding hydrogens is 368 g/mol. The van der Waals surface area contributed by atoms with Crippen LogP contribution in [0, 0.1) is 5.92 Å². The van der Waals surface area contributed by atoms with Crippen molar-refractivity contribution in [1.29, 1.82) is 0 Å². The number of piperidine rings is 2. The molecule has 6 nitrogen and oxygen atoms in total. The third-order valence-corrected chi connectivity index (χ3v) is 7.18. The van der Waals surface area contributed by atoms with Crippen LogP contribution in [-0.4, -0.2) is 69.6 Å². The van der Waals surface area contributed by atoms with Crippen LogP contribution < -0.4 is 5.32 Å². The Kier molecular flexibility index (Phi) is 10.4. The van der Waals surface area contributed by atoms with E-state index in [-0.39, 0.29) is 12.5 Å². The lowest BCUT2D eigenvalue weighted by atomic mass is 9.81. The molecule has 6 heteroatoms. The van der Waals surface area contributed by atoms with Crippen molar-refractivity contribution in [2.45, 2.75) is 115 Å². The Morgan fingerprint density at radius 2 is 1.86 bits per heavy atom. The second kappa shape index (κ2) is 12.2. The number of nitrogens with zero attached hydrogens (tertiary/aromatic N) is 1. The Morgan fingerprint density at radius 3 is 2.59 bits per heavy atom. The molecule has 0 saturated carbocycles. The van der Waals surface area contributed by atoms with Gasteiger partial charge in [0.15, 0.2) is 0 Å². The van der Waals surface area contributed by atoms with E-state index >= 15 is 0 Å². The zero-order valence-electron chi connectivity index (χ0n) is 18.6. The number of carboxylic acid groups (broad SMARTS) is 1. The maximum Gasteiger partial charge on any atom is 0.306 e. The number of likely N-dealkylation sites (N-methyl/N-ethyl adjacent to an activating group) is 1. The minimum absolute atomic E-state index is 0.145. The number of carbonyl (C=O) groups is 1. The summed E-state index contributed by atoms with van der Waals surface area (Å²) in [6.07, 6.45) is 11.8. The van der Waals surface area contributed by atoms with Gasteiger partial charge in [0.1, 0.15) is 0 Å². The fourth-order valence-corrected chi connectivity index (χ4v) is 5.36. The van der Waals surface area contributed by atoms with Gasteiger partial charge in [-0.3, -0.25) is 9.69 Å². The fourth-order valence-electron chi connectivity index (χ4n) is 5.36. The largest absolute Gasteiger partial charge is 0.481 e. The van der Waals surface area contributed by atoms with Gasteiger partial charge in [-0.1, -0.05) is 45.4 Å². The van der Waals surface area contributed by atoms with Crippen LogP contribution in [-0.2, 0) is 4.79 Å². The van der Waals surface area contributed by atoms with Crippen LogP contribution >= 0.6 is 0 Å². The van der Waals surface area contributed by atoms with E-state index in [4.69, 9.17) is 5.11 Å². The minimum atomic E-state index is -1.12. The molecule has 0 unspecified atom stereocenters. The zero-order chi connectivity index (χ0) is 21.3. The van der Waals surface area contributed by atoms with Crippen LogP contribution in [0.4, 0.5) is 0 Å². The molecule has 2 aliphatic heterocycles. The van der Waals surface area contributed by atoms with Gasteiger partial charge < -0.3 is 20.6 Å². The van der Waals surface area contributed by atoms with E-state index in [0.29, 0.717) is 25.0 Å². The van der Waals surface area contributed by atoms with Crippen molar-refractivity contribution >= 4 is 5.97 Å². The SMILES string of the molecule is CCNC[C@@](O)(CCCCCCC[C@H]1CCN2[C@@H](CC[C@@H](O)[C@@H]2C)C1)CC(=O)O. The first-order valence-corrected chi connectivity index (χ1v) is 11.9. The molecule has 0 aliphatic carbocycles. The maximum atomic E-state index is 11.0. The molecule has 2 rings (SSSR count). The van der Waals surface area contributed by atoms with Gasteiger partial charge in [0.2, 0.25) is 0 Å². The van der Waals surface area contributed by atoms with Crippen LogP contribution in [0.2, 0.25) is 0 Å². The lowest BCUT2D eigenvalue weighted by Crippen LogP contribution is -2.55. The standard InChI is InChI=1S/C23H44N2O4/c1-3-24-17-23(29,16-22(27)28)13-8-6-4-5-7-9-19-12-14-25-18(2)21(26)11-10-20(25)15-19/h18-21,24,26,29H,3-17H2,1-2H3,(H,27,28)/t18-,19-,20-,21+,23+/m0/s1. The molecule has 2 fully saturated rings. The molecule has 29 heavy (non-hydrogen) atoms. The fraction of sp³-hybridized carbons (Fsp3) is 0.957. The quantitative estimate of drug-likeness (QED) is 0.347. The van der Waals surface area contributed by atoms with E-state index in [0.717, 1.165) is 51.1 Å². The molecule has 2 aliphatic rings. The highest BCUT2D eigenvalue weighted by molar-refractivity contribution is 5.68. The van der Waals surface area contributed by atoms with E-state index < -0.39 is 11.6 Å². The number of aliphatic carboxylic acids is 1. The highest BCUT2D eigenvalue weighted by Crippen LogP contribution is 2.35. The van der Waals surface area contributed by atoms with Gasteiger partial charge in [0.25, 0.3) is 0 Å². The maximum absolute atomic E-state index is 11.0. The summed E-state index contributed by atoms with van der Waals surface area (Å²) in [7, 11) is 0. The molecule has 0 bridgehead atoms. The van der Waals surface area contributed by atoms with E-state index in [2.05, 4.69) is 17.1 Å². The molecule has 2 saturated heterocycles. The van der Waals surface area contributed by atoms with Gasteiger partial charge >= 0.3 is 5.97 Å². The zero-order valence-corrected chi connectivity index (χ0v) is 18.6. The number of hydrogen-bond donors (Lipinski definition) is 4. The number of hydrogen-bond acceptors (Lipinski definition) is 5. The van der Waals surface area contributed by atoms with E-state index in [1.165, 1.54) is 32.1 Å². The molecule has 0 amide bonds. The summed E-state index contributed by atoms with van der Waals surface area (Å²) < 4.78 is 0. The summed E-state index contributed by atoms with van der Waals surface area (Å²) >= 11 is 0. The second-order valence-electron chi connectivity index (χ2n) is 9.55. The summed E-state index contributed by atoms with van der Waals surface area (Å²) in [6, 6.07) is 0.998. The van der Waals surface area contributed by atoms with Gasteiger partial charge in [-0.05, 0) is 58.0 Å². The molecule has 2 heterocycles. The number of nitrogens with one attached hydrogen (secondary N) is 1. The molecule has 0 aromatic heterocycles. The lowest BCUT2D eigenvalue weighted by molar-refractivity contribution is -0.142. The molecule has 4 N–H and O–H groups in total. The highest BCUT2D eigenvalue weighted by Gasteiger charge is 2.37. The molecule has 0 radical (unpaired) electrons. The average molecular weight is 413 g/mol. The lowest BCUT2D eigenvalue weighted by Gasteiger charge is -2.48. The summed E-state index contributed by atoms with van der Waals surface area (Å²) in [5, 5.41) is 32.8. The third kappa shape index (κ3) is 8.16. The summed E-state index contributed by atoms with van der Waals surface area (Å²) in [5.74, 6) is -0.0993. The van der Waals surface area contributed by atoms with Crippen LogP contribution in [0.15, 0.2) is 0 Å². The van der Waals surface area contributed by atoms with Gasteiger partial charge in [-0.15, -0.1) is 0 Å². The van der Waals surface area contributed by atoms with Gasteiger partial charge in [0, 0.05) is 18.6 Å². The second-order valence-corrected chi connectivity index (χ2v) is 9.55. The van der Waals surface area contributed by atoms with E-state index in [1.807, 2.05) is 6.92 Å². The van der Waals surface area contributed by atoms with Crippen molar-refractivity contribution in [2.75, 3.05) is 19.6 Å². The molecule has 0 aromatic carbocycles. The van der Waals surface area contributed by atoms with E-state index in [9.17, 15) is 15.0 Å². The molecule has 0 spiro atoms. The number of aliphatic hydroxyl groups is 2. The Morgan fingerprint density at radius 1 is 1.14 bits per heavy atom. The van der Waals surface area contributed by atoms with Crippen molar-refractivity contribution in [2.24, 2.45) is 5.92 Å². The number of rotatable bonds is 13. The Bertz CT molecular complexity index is 489. The number of aliphatic hydroxyl groups excluding tert-OH is 1. The van der Waals surface area contributed by atoms with Crippen LogP contribution in [0.3, 0.4) is 0 Å². The van der Waals surface area contributed by atoms with Crippen molar-refractivity contribution < 1.29 is 20.1 Å². The van der Waals surface area contributed by atoms with Crippen molar-refractivity contribution in [3.05, 3.63) is 0 Å².